The summed E-state index contributed by atoms with van der Waals surface area (Å²) in [6.45, 7) is 1.58. The molecule has 0 aliphatic heterocycles. The first-order valence-corrected chi connectivity index (χ1v) is 11.9. The van der Waals surface area contributed by atoms with E-state index in [4.69, 9.17) is 18.1 Å². The number of furan rings is 1. The van der Waals surface area contributed by atoms with Crippen molar-refractivity contribution in [3.8, 4) is 11.5 Å². The third-order valence-electron chi connectivity index (χ3n) is 4.81. The van der Waals surface area contributed by atoms with Gasteiger partial charge in [0.1, 0.15) is 17.3 Å². The van der Waals surface area contributed by atoms with Gasteiger partial charge in [0.15, 0.2) is 11.5 Å². The lowest BCUT2D eigenvalue weighted by molar-refractivity contribution is -0.136. The number of rotatable bonds is 11. The Labute approximate surface area is 203 Å². The molecule has 0 spiro atoms. The molecule has 1 aromatic heterocycles. The minimum absolute atomic E-state index is 0.0342. The molecule has 186 valence electrons. The Morgan fingerprint density at radius 2 is 1.74 bits per heavy atom. The highest BCUT2D eigenvalue weighted by atomic mass is 32.2. The average molecular weight is 503 g/mol. The van der Waals surface area contributed by atoms with Crippen molar-refractivity contribution >= 4 is 27.6 Å². The number of nitrogens with zero attached hydrogens (tertiary/aromatic N) is 1. The molecule has 1 heterocycles. The highest BCUT2D eigenvalue weighted by Gasteiger charge is 2.21. The van der Waals surface area contributed by atoms with Gasteiger partial charge in [-0.3, -0.25) is 9.59 Å². The Morgan fingerprint density at radius 3 is 2.34 bits per heavy atom. The van der Waals surface area contributed by atoms with E-state index in [1.807, 2.05) is 0 Å². The number of hydrogen-bond donors (Lipinski definition) is 1. The van der Waals surface area contributed by atoms with Crippen molar-refractivity contribution in [1.29, 1.82) is 0 Å². The molecule has 0 aliphatic carbocycles. The molecule has 0 saturated heterocycles. The second-order valence-electron chi connectivity index (χ2n) is 7.49. The van der Waals surface area contributed by atoms with Gasteiger partial charge >= 0.3 is 10.1 Å². The Morgan fingerprint density at radius 1 is 1.00 bits per heavy atom. The van der Waals surface area contributed by atoms with Gasteiger partial charge in [0.25, 0.3) is 0 Å². The van der Waals surface area contributed by atoms with Crippen LogP contribution in [-0.4, -0.2) is 46.0 Å². The number of ether oxygens (including phenoxy) is 2. The Balaban J connectivity index is 1.84. The van der Waals surface area contributed by atoms with Gasteiger partial charge in [0, 0.05) is 26.3 Å². The molecule has 10 nitrogen and oxygen atoms in total. The highest BCUT2D eigenvalue weighted by Crippen LogP contribution is 2.32. The van der Waals surface area contributed by atoms with Crippen LogP contribution in [0.5, 0.6) is 11.5 Å². The maximum atomic E-state index is 12.9. The predicted octanol–water partition coefficient (Wildman–Crippen LogP) is 3.19. The molecule has 3 aromatic rings. The van der Waals surface area contributed by atoms with Crippen LogP contribution in [0.1, 0.15) is 18.2 Å². The van der Waals surface area contributed by atoms with E-state index in [0.29, 0.717) is 17.0 Å². The fourth-order valence-corrected chi connectivity index (χ4v) is 4.15. The van der Waals surface area contributed by atoms with Crippen LogP contribution in [0.4, 0.5) is 5.69 Å². The molecular formula is C24H26N2O8S. The molecule has 3 rings (SSSR count). The molecule has 35 heavy (non-hydrogen) atoms. The topological polar surface area (TPSA) is 124 Å². The molecular weight excluding hydrogens is 476 g/mol. The van der Waals surface area contributed by atoms with E-state index in [0.717, 1.165) is 0 Å². The van der Waals surface area contributed by atoms with Gasteiger partial charge in [-0.1, -0.05) is 6.07 Å². The SMILES string of the molecule is COCC(=O)N(Cc1ccc(OC)c(OS(=O)(=O)c2ccc(NC(C)=O)cc2)c1)Cc1ccco1. The quantitative estimate of drug-likeness (QED) is 0.397. The van der Waals surface area contributed by atoms with E-state index in [1.54, 1.807) is 24.3 Å². The Kier molecular flexibility index (Phi) is 8.50. The van der Waals surface area contributed by atoms with Crippen molar-refractivity contribution in [2.75, 3.05) is 26.1 Å². The number of carbonyl (C=O) groups excluding carboxylic acids is 2. The summed E-state index contributed by atoms with van der Waals surface area (Å²) in [4.78, 5) is 25.2. The molecule has 1 N–H and O–H groups in total. The maximum Gasteiger partial charge on any atom is 0.339 e. The minimum Gasteiger partial charge on any atom is -0.493 e. The van der Waals surface area contributed by atoms with Crippen molar-refractivity contribution in [2.45, 2.75) is 24.9 Å². The van der Waals surface area contributed by atoms with Gasteiger partial charge in [0.2, 0.25) is 11.8 Å². The number of anilines is 1. The monoisotopic (exact) mass is 502 g/mol. The molecule has 2 aromatic carbocycles. The fourth-order valence-electron chi connectivity index (χ4n) is 3.22. The Hall–Kier alpha value is -3.83. The van der Waals surface area contributed by atoms with Gasteiger partial charge < -0.3 is 28.3 Å². The number of carbonyl (C=O) groups is 2. The molecule has 0 fully saturated rings. The minimum atomic E-state index is -4.21. The standard InChI is InChI=1S/C24H26N2O8S/c1-17(27)25-19-7-9-21(10-8-19)35(29,30)34-23-13-18(6-11-22(23)32-3)14-26(24(28)16-31-2)15-20-5-4-12-33-20/h4-13H,14-16H2,1-3H3,(H,25,27). The fraction of sp³-hybridized carbons (Fsp3) is 0.250. The maximum absolute atomic E-state index is 12.9. The van der Waals surface area contributed by atoms with Crippen LogP contribution in [0.3, 0.4) is 0 Å². The van der Waals surface area contributed by atoms with Crippen molar-refractivity contribution in [2.24, 2.45) is 0 Å². The summed E-state index contributed by atoms with van der Waals surface area (Å²) in [7, 11) is -1.39. The molecule has 2 amide bonds. The van der Waals surface area contributed by atoms with Gasteiger partial charge in [0.05, 0.1) is 19.9 Å². The van der Waals surface area contributed by atoms with Crippen LogP contribution >= 0.6 is 0 Å². The lowest BCUT2D eigenvalue weighted by Gasteiger charge is -2.22. The lowest BCUT2D eigenvalue weighted by atomic mass is 10.2. The van der Waals surface area contributed by atoms with Gasteiger partial charge in [-0.2, -0.15) is 8.42 Å². The molecule has 11 heteroatoms. The van der Waals surface area contributed by atoms with E-state index >= 15 is 0 Å². The molecule has 0 unspecified atom stereocenters. The molecule has 0 atom stereocenters. The van der Waals surface area contributed by atoms with Crippen molar-refractivity contribution in [3.05, 3.63) is 72.2 Å². The lowest BCUT2D eigenvalue weighted by Crippen LogP contribution is -2.32. The average Bonchev–Trinajstić information content (AvgIpc) is 3.32. The van der Waals surface area contributed by atoms with Crippen LogP contribution in [0.25, 0.3) is 0 Å². The van der Waals surface area contributed by atoms with Crippen molar-refractivity contribution in [3.63, 3.8) is 0 Å². The normalized spacial score (nSPS) is 11.1. The summed E-state index contributed by atoms with van der Waals surface area (Å²) in [6.07, 6.45) is 1.52. The molecule has 0 saturated carbocycles. The number of amides is 2. The number of benzene rings is 2. The zero-order valence-electron chi connectivity index (χ0n) is 19.5. The van der Waals surface area contributed by atoms with Crippen LogP contribution in [0.2, 0.25) is 0 Å². The largest absolute Gasteiger partial charge is 0.493 e. The third kappa shape index (κ3) is 7.08. The van der Waals surface area contributed by atoms with Crippen LogP contribution < -0.4 is 14.2 Å². The first-order valence-electron chi connectivity index (χ1n) is 10.5. The Bertz CT molecular complexity index is 1260. The van der Waals surface area contributed by atoms with E-state index in [1.165, 1.54) is 62.6 Å². The first-order chi connectivity index (χ1) is 16.7. The van der Waals surface area contributed by atoms with E-state index in [-0.39, 0.29) is 47.9 Å². The summed E-state index contributed by atoms with van der Waals surface area (Å²) in [6, 6.07) is 13.8. The van der Waals surface area contributed by atoms with Crippen LogP contribution in [0, 0.1) is 0 Å². The zero-order chi connectivity index (χ0) is 25.4. The van der Waals surface area contributed by atoms with Gasteiger partial charge in [-0.15, -0.1) is 0 Å². The van der Waals surface area contributed by atoms with E-state index in [2.05, 4.69) is 5.32 Å². The second-order valence-corrected chi connectivity index (χ2v) is 9.04. The summed E-state index contributed by atoms with van der Waals surface area (Å²) < 4.78 is 46.7. The van der Waals surface area contributed by atoms with Crippen LogP contribution in [0.15, 0.2) is 70.2 Å². The number of nitrogens with one attached hydrogen (secondary N) is 1. The predicted molar refractivity (Wildman–Crippen MR) is 126 cm³/mol. The second kappa shape index (κ2) is 11.5. The highest BCUT2D eigenvalue weighted by molar-refractivity contribution is 7.87. The third-order valence-corrected chi connectivity index (χ3v) is 6.06. The van der Waals surface area contributed by atoms with E-state index < -0.39 is 10.1 Å². The van der Waals surface area contributed by atoms with Gasteiger partial charge in [-0.05, 0) is 54.1 Å². The summed E-state index contributed by atoms with van der Waals surface area (Å²) in [5.41, 5.74) is 1.06. The summed E-state index contributed by atoms with van der Waals surface area (Å²) in [5.74, 6) is 0.211. The molecule has 0 bridgehead atoms. The van der Waals surface area contributed by atoms with Crippen LogP contribution in [-0.2, 0) is 37.5 Å². The summed E-state index contributed by atoms with van der Waals surface area (Å²) in [5, 5.41) is 2.57. The summed E-state index contributed by atoms with van der Waals surface area (Å²) >= 11 is 0. The first kappa shape index (κ1) is 25.8. The van der Waals surface area contributed by atoms with Gasteiger partial charge in [-0.25, -0.2) is 0 Å². The number of methoxy groups -OCH3 is 2. The smallest absolute Gasteiger partial charge is 0.339 e. The number of hydrogen-bond acceptors (Lipinski definition) is 8. The molecule has 0 aliphatic rings. The molecule has 0 radical (unpaired) electrons. The zero-order valence-corrected chi connectivity index (χ0v) is 20.3. The van der Waals surface area contributed by atoms with Crippen molar-refractivity contribution < 1.29 is 36.1 Å². The van der Waals surface area contributed by atoms with E-state index in [9.17, 15) is 18.0 Å². The van der Waals surface area contributed by atoms with Crippen molar-refractivity contribution in [1.82, 2.24) is 4.90 Å².